The fourth-order valence-corrected chi connectivity index (χ4v) is 3.19. The summed E-state index contributed by atoms with van der Waals surface area (Å²) >= 11 is 0. The van der Waals surface area contributed by atoms with Gasteiger partial charge in [0, 0.05) is 43.1 Å². The van der Waals surface area contributed by atoms with E-state index in [0.717, 1.165) is 26.3 Å². The van der Waals surface area contributed by atoms with Gasteiger partial charge in [-0.3, -0.25) is 9.69 Å². The van der Waals surface area contributed by atoms with Crippen molar-refractivity contribution in [3.63, 3.8) is 0 Å². The smallest absolute Gasteiger partial charge is 0.475 e. The number of aromatic nitrogens is 1. The molecule has 2 N–H and O–H groups in total. The number of aliphatic carboxylic acids is 1. The fraction of sp³-hybridized carbons (Fsp3) is 0.688. The van der Waals surface area contributed by atoms with Crippen LogP contribution < -0.4 is 5.32 Å². The molecule has 2 fully saturated rings. The third-order valence-electron chi connectivity index (χ3n) is 4.78. The van der Waals surface area contributed by atoms with Crippen LogP contribution in [-0.4, -0.2) is 72.1 Å². The molecule has 2 atom stereocenters. The molecule has 1 aromatic heterocycles. The van der Waals surface area contributed by atoms with Gasteiger partial charge in [-0.2, -0.15) is 13.2 Å². The number of rotatable bonds is 4. The van der Waals surface area contributed by atoms with Crippen LogP contribution in [0.2, 0.25) is 0 Å². The average molecular weight is 393 g/mol. The van der Waals surface area contributed by atoms with Crippen LogP contribution in [0.25, 0.3) is 0 Å². The molecule has 11 heteroatoms. The number of nitrogens with one attached hydrogen (secondary N) is 1. The Bertz CT molecular complexity index is 650. The van der Waals surface area contributed by atoms with Crippen LogP contribution in [0.4, 0.5) is 13.2 Å². The molecule has 8 nitrogen and oxygen atoms in total. The maximum absolute atomic E-state index is 12.0. The van der Waals surface area contributed by atoms with Crippen LogP contribution >= 0.6 is 0 Å². The van der Waals surface area contributed by atoms with Gasteiger partial charge in [0.2, 0.25) is 5.76 Å². The second-order valence-corrected chi connectivity index (χ2v) is 6.96. The molecule has 2 aliphatic rings. The summed E-state index contributed by atoms with van der Waals surface area (Å²) in [6, 6.07) is 2.10. The van der Waals surface area contributed by atoms with Crippen LogP contribution in [0, 0.1) is 11.3 Å². The number of halogens is 3. The third-order valence-corrected chi connectivity index (χ3v) is 4.78. The first-order valence-corrected chi connectivity index (χ1v) is 8.36. The molecule has 3 rings (SSSR count). The number of ether oxygens (including phenoxy) is 1. The molecule has 1 aromatic rings. The van der Waals surface area contributed by atoms with Crippen molar-refractivity contribution in [3.8, 4) is 0 Å². The number of carbonyl (C=O) groups is 2. The zero-order valence-corrected chi connectivity index (χ0v) is 15.0. The highest BCUT2D eigenvalue weighted by molar-refractivity contribution is 5.91. The van der Waals surface area contributed by atoms with Gasteiger partial charge in [-0.05, 0) is 13.8 Å². The molecule has 0 aromatic carbocycles. The van der Waals surface area contributed by atoms with E-state index in [9.17, 15) is 18.0 Å². The summed E-state index contributed by atoms with van der Waals surface area (Å²) in [5.41, 5.74) is 0.0416. The summed E-state index contributed by atoms with van der Waals surface area (Å²) in [6.07, 6.45) is -3.61. The Morgan fingerprint density at radius 1 is 1.48 bits per heavy atom. The number of hydrogen-bond donors (Lipinski definition) is 2. The second-order valence-electron chi connectivity index (χ2n) is 6.96. The number of nitrogens with zero attached hydrogens (tertiary/aromatic N) is 2. The van der Waals surface area contributed by atoms with E-state index in [1.54, 1.807) is 6.07 Å². The Kier molecular flexibility index (Phi) is 6.47. The zero-order chi connectivity index (χ0) is 20.2. The standard InChI is InChI=1S/C14H21N3O3.C2HF3O2/c1-10(2)17-5-11-6-19-9-14(11,8-17)7-15-13(18)12-3-4-16-20-12;3-2(4,5)1(6)7/h3-4,10-11H,5-9H2,1-2H3,(H,15,18);(H,6,7)/t11-,14+;/m1./s1. The topological polar surface area (TPSA) is 105 Å². The second kappa shape index (κ2) is 8.26. The lowest BCUT2D eigenvalue weighted by molar-refractivity contribution is -0.192. The van der Waals surface area contributed by atoms with Gasteiger partial charge in [0.05, 0.1) is 19.4 Å². The van der Waals surface area contributed by atoms with Crippen LogP contribution in [-0.2, 0) is 9.53 Å². The van der Waals surface area contributed by atoms with Crippen molar-refractivity contribution in [1.29, 1.82) is 0 Å². The Labute approximate surface area is 153 Å². The number of carboxylic acids is 1. The van der Waals surface area contributed by atoms with Crippen LogP contribution in [0.1, 0.15) is 24.4 Å². The molecule has 1 amide bonds. The minimum Gasteiger partial charge on any atom is -0.475 e. The minimum atomic E-state index is -5.08. The fourth-order valence-electron chi connectivity index (χ4n) is 3.19. The maximum Gasteiger partial charge on any atom is 0.490 e. The highest BCUT2D eigenvalue weighted by Crippen LogP contribution is 2.41. The van der Waals surface area contributed by atoms with Gasteiger partial charge in [0.1, 0.15) is 0 Å². The molecule has 0 radical (unpaired) electrons. The summed E-state index contributed by atoms with van der Waals surface area (Å²) in [5.74, 6) is -2.20. The Morgan fingerprint density at radius 3 is 2.67 bits per heavy atom. The molecule has 0 saturated carbocycles. The molecule has 0 unspecified atom stereocenters. The monoisotopic (exact) mass is 393 g/mol. The molecule has 2 saturated heterocycles. The maximum atomic E-state index is 12.0. The van der Waals surface area contributed by atoms with Crippen LogP contribution in [0.15, 0.2) is 16.8 Å². The van der Waals surface area contributed by atoms with E-state index in [2.05, 4.69) is 29.2 Å². The lowest BCUT2D eigenvalue weighted by Crippen LogP contribution is -2.43. The number of fused-ring (bicyclic) bond motifs is 1. The molecule has 2 aliphatic heterocycles. The van der Waals surface area contributed by atoms with Crippen LogP contribution in [0.3, 0.4) is 0 Å². The first-order valence-electron chi connectivity index (χ1n) is 8.36. The molecule has 152 valence electrons. The lowest BCUT2D eigenvalue weighted by atomic mass is 9.81. The number of carbonyl (C=O) groups excluding carboxylic acids is 1. The molecule has 0 aliphatic carbocycles. The van der Waals surface area contributed by atoms with Crippen molar-refractivity contribution in [2.75, 3.05) is 32.8 Å². The van der Waals surface area contributed by atoms with Crippen molar-refractivity contribution in [3.05, 3.63) is 18.0 Å². The van der Waals surface area contributed by atoms with Gasteiger partial charge in [0.25, 0.3) is 5.91 Å². The van der Waals surface area contributed by atoms with E-state index in [4.69, 9.17) is 19.2 Å². The number of hydrogen-bond acceptors (Lipinski definition) is 6. The van der Waals surface area contributed by atoms with Gasteiger partial charge >= 0.3 is 12.1 Å². The van der Waals surface area contributed by atoms with E-state index < -0.39 is 12.1 Å². The van der Waals surface area contributed by atoms with Gasteiger partial charge in [-0.15, -0.1) is 0 Å². The summed E-state index contributed by atoms with van der Waals surface area (Å²) in [5, 5.41) is 13.6. The lowest BCUT2D eigenvalue weighted by Gasteiger charge is -2.28. The van der Waals surface area contributed by atoms with Crippen LogP contribution in [0.5, 0.6) is 0 Å². The van der Waals surface area contributed by atoms with E-state index >= 15 is 0 Å². The Balaban J connectivity index is 0.000000321. The number of likely N-dealkylation sites (tertiary alicyclic amines) is 1. The highest BCUT2D eigenvalue weighted by atomic mass is 19.4. The molecule has 0 bridgehead atoms. The minimum absolute atomic E-state index is 0.0416. The largest absolute Gasteiger partial charge is 0.490 e. The van der Waals surface area contributed by atoms with E-state index in [-0.39, 0.29) is 17.1 Å². The quantitative estimate of drug-likeness (QED) is 0.797. The first kappa shape index (κ1) is 21.2. The van der Waals surface area contributed by atoms with Crippen molar-refractivity contribution in [2.45, 2.75) is 26.1 Å². The van der Waals surface area contributed by atoms with E-state index in [1.165, 1.54) is 6.20 Å². The van der Waals surface area contributed by atoms with Crippen molar-refractivity contribution in [1.82, 2.24) is 15.4 Å². The highest BCUT2D eigenvalue weighted by Gasteiger charge is 2.51. The number of carboxylic acid groups (broad SMARTS) is 1. The number of alkyl halides is 3. The summed E-state index contributed by atoms with van der Waals surface area (Å²) in [4.78, 5) is 23.3. The summed E-state index contributed by atoms with van der Waals surface area (Å²) in [6.45, 7) is 8.59. The van der Waals surface area contributed by atoms with Crippen molar-refractivity contribution >= 4 is 11.9 Å². The molecular weight excluding hydrogens is 371 g/mol. The van der Waals surface area contributed by atoms with Crippen molar-refractivity contribution in [2.24, 2.45) is 11.3 Å². The molecule has 0 spiro atoms. The summed E-state index contributed by atoms with van der Waals surface area (Å²) in [7, 11) is 0. The van der Waals surface area contributed by atoms with Gasteiger partial charge in [-0.25, -0.2) is 4.79 Å². The third kappa shape index (κ3) is 5.19. The van der Waals surface area contributed by atoms with E-state index in [1.807, 2.05) is 0 Å². The molecule has 27 heavy (non-hydrogen) atoms. The van der Waals surface area contributed by atoms with Gasteiger partial charge in [0.15, 0.2) is 0 Å². The van der Waals surface area contributed by atoms with E-state index in [0.29, 0.717) is 18.5 Å². The van der Waals surface area contributed by atoms with Gasteiger partial charge < -0.3 is 19.7 Å². The predicted octanol–water partition coefficient (Wildman–Crippen LogP) is 1.39. The predicted molar refractivity (Wildman–Crippen MR) is 86.0 cm³/mol. The normalized spacial score (nSPS) is 25.0. The average Bonchev–Trinajstić information content (AvgIpc) is 3.27. The molecular formula is C16H22F3N3O5. The molecule has 3 heterocycles. The Morgan fingerprint density at radius 2 is 2.15 bits per heavy atom. The number of amides is 1. The first-order chi connectivity index (χ1) is 12.5. The van der Waals surface area contributed by atoms with Crippen molar-refractivity contribution < 1.29 is 37.1 Å². The SMILES string of the molecule is CC(C)N1C[C@@H]2COC[C@]2(CNC(=O)c2ccno2)C1.O=C(O)C(F)(F)F. The summed E-state index contributed by atoms with van der Waals surface area (Å²) < 4.78 is 42.3. The Hall–Kier alpha value is -2.14. The zero-order valence-electron chi connectivity index (χ0n) is 15.0. The van der Waals surface area contributed by atoms with Gasteiger partial charge in [-0.1, -0.05) is 5.16 Å².